The number of ether oxygens (including phenoxy) is 1. The number of halogens is 1. The van der Waals surface area contributed by atoms with Gasteiger partial charge in [0, 0.05) is 18.1 Å². The first-order valence-corrected chi connectivity index (χ1v) is 9.07. The molecule has 1 heterocycles. The minimum absolute atomic E-state index is 0.0924. The van der Waals surface area contributed by atoms with Crippen molar-refractivity contribution in [2.24, 2.45) is 0 Å². The minimum atomic E-state index is -0.291. The van der Waals surface area contributed by atoms with Gasteiger partial charge in [-0.05, 0) is 42.7 Å². The molecule has 4 heteroatoms. The molecule has 0 spiro atoms. The Bertz CT molecular complexity index is 794. The fraction of sp³-hybridized carbons (Fsp3) is 0.318. The Balaban J connectivity index is 1.77. The first kappa shape index (κ1) is 18.2. The van der Waals surface area contributed by atoms with E-state index in [1.165, 1.54) is 18.2 Å². The summed E-state index contributed by atoms with van der Waals surface area (Å²) >= 11 is 0. The molecule has 1 unspecified atom stereocenters. The van der Waals surface area contributed by atoms with Gasteiger partial charge in [-0.1, -0.05) is 44.2 Å². The largest absolute Gasteiger partial charge is 0.487 e. The highest BCUT2D eigenvalue weighted by Gasteiger charge is 2.38. The maximum Gasteiger partial charge on any atom is 0.244 e. The van der Waals surface area contributed by atoms with E-state index >= 15 is 0 Å². The summed E-state index contributed by atoms with van der Waals surface area (Å²) in [4.78, 5) is 12.4. The number of hydrogen-bond donors (Lipinski definition) is 1. The highest BCUT2D eigenvalue weighted by Crippen LogP contribution is 2.42. The van der Waals surface area contributed by atoms with Crippen LogP contribution in [0.5, 0.6) is 5.75 Å². The monoisotopic (exact) mass is 353 g/mol. The molecule has 136 valence electrons. The smallest absolute Gasteiger partial charge is 0.244 e. The lowest BCUT2D eigenvalue weighted by Gasteiger charge is -2.41. The van der Waals surface area contributed by atoms with Crippen LogP contribution in [0.1, 0.15) is 50.3 Å². The van der Waals surface area contributed by atoms with E-state index in [2.05, 4.69) is 19.2 Å². The van der Waals surface area contributed by atoms with Crippen molar-refractivity contribution in [1.29, 1.82) is 0 Å². The molecule has 1 N–H and O–H groups in total. The van der Waals surface area contributed by atoms with Gasteiger partial charge in [0.2, 0.25) is 5.91 Å². The van der Waals surface area contributed by atoms with Gasteiger partial charge < -0.3 is 10.1 Å². The van der Waals surface area contributed by atoms with E-state index < -0.39 is 0 Å². The summed E-state index contributed by atoms with van der Waals surface area (Å²) in [5.74, 6) is 0.383. The molecule has 1 aliphatic rings. The first-order chi connectivity index (χ1) is 12.5. The summed E-state index contributed by atoms with van der Waals surface area (Å²) in [7, 11) is 0. The molecule has 2 aromatic carbocycles. The maximum absolute atomic E-state index is 13.0. The summed E-state index contributed by atoms with van der Waals surface area (Å²) < 4.78 is 19.2. The van der Waals surface area contributed by atoms with Crippen LogP contribution in [0.25, 0.3) is 6.08 Å². The quantitative estimate of drug-likeness (QED) is 0.765. The zero-order valence-corrected chi connectivity index (χ0v) is 15.2. The second-order valence-electron chi connectivity index (χ2n) is 6.68. The summed E-state index contributed by atoms with van der Waals surface area (Å²) in [6, 6.07) is 13.8. The molecule has 0 aliphatic carbocycles. The van der Waals surface area contributed by atoms with Crippen molar-refractivity contribution in [3.63, 3.8) is 0 Å². The lowest BCUT2D eigenvalue weighted by atomic mass is 9.83. The highest BCUT2D eigenvalue weighted by molar-refractivity contribution is 5.92. The third kappa shape index (κ3) is 3.96. The van der Waals surface area contributed by atoms with Gasteiger partial charge in [-0.2, -0.15) is 0 Å². The second kappa shape index (κ2) is 7.73. The van der Waals surface area contributed by atoms with Crippen molar-refractivity contribution in [2.45, 2.75) is 44.8 Å². The van der Waals surface area contributed by atoms with E-state index in [-0.39, 0.29) is 23.4 Å². The van der Waals surface area contributed by atoms with Crippen molar-refractivity contribution >= 4 is 12.0 Å². The van der Waals surface area contributed by atoms with Crippen molar-refractivity contribution in [3.8, 4) is 5.75 Å². The van der Waals surface area contributed by atoms with Crippen LogP contribution < -0.4 is 10.1 Å². The number of fused-ring (bicyclic) bond motifs is 1. The third-order valence-corrected chi connectivity index (χ3v) is 5.10. The van der Waals surface area contributed by atoms with Gasteiger partial charge in [-0.3, -0.25) is 4.79 Å². The number of hydrogen-bond acceptors (Lipinski definition) is 2. The topological polar surface area (TPSA) is 38.3 Å². The molecule has 0 aromatic heterocycles. The number of benzene rings is 2. The lowest BCUT2D eigenvalue weighted by molar-refractivity contribution is -0.117. The predicted octanol–water partition coefficient (Wildman–Crippen LogP) is 5.04. The van der Waals surface area contributed by atoms with Crippen LogP contribution in [0.3, 0.4) is 0 Å². The van der Waals surface area contributed by atoms with Crippen molar-refractivity contribution in [2.75, 3.05) is 0 Å². The Hall–Kier alpha value is -2.62. The van der Waals surface area contributed by atoms with E-state index in [9.17, 15) is 9.18 Å². The molecule has 1 amide bonds. The average molecular weight is 353 g/mol. The summed E-state index contributed by atoms with van der Waals surface area (Å²) in [5.41, 5.74) is 1.53. The van der Waals surface area contributed by atoms with E-state index in [1.54, 1.807) is 18.2 Å². The minimum Gasteiger partial charge on any atom is -0.487 e. The number of rotatable bonds is 5. The van der Waals surface area contributed by atoms with Gasteiger partial charge in [-0.15, -0.1) is 0 Å². The molecule has 0 saturated heterocycles. The van der Waals surface area contributed by atoms with E-state index in [0.717, 1.165) is 36.1 Å². The van der Waals surface area contributed by atoms with Crippen molar-refractivity contribution < 1.29 is 13.9 Å². The first-order valence-electron chi connectivity index (χ1n) is 9.07. The van der Waals surface area contributed by atoms with Gasteiger partial charge >= 0.3 is 0 Å². The lowest BCUT2D eigenvalue weighted by Crippen LogP contribution is -2.44. The van der Waals surface area contributed by atoms with Crippen LogP contribution in [0.2, 0.25) is 0 Å². The molecule has 3 nitrogen and oxygen atoms in total. The number of carbonyl (C=O) groups excluding carboxylic acids is 1. The van der Waals surface area contributed by atoms with Crippen LogP contribution in [0.15, 0.2) is 54.6 Å². The van der Waals surface area contributed by atoms with Gasteiger partial charge in [-0.25, -0.2) is 4.39 Å². The predicted molar refractivity (Wildman–Crippen MR) is 101 cm³/mol. The molecule has 26 heavy (non-hydrogen) atoms. The molecular formula is C22H24FNO2. The number of carbonyl (C=O) groups is 1. The standard InChI is InChI=1S/C22H24FNO2/c1-3-22(4-2)15-19(18-7-5-6-8-20(18)26-22)24-21(25)14-11-16-9-12-17(23)13-10-16/h5-14,19H,3-4,15H2,1-2H3,(H,24,25)/b14-11+. The van der Waals surface area contributed by atoms with Crippen LogP contribution in [-0.4, -0.2) is 11.5 Å². The second-order valence-corrected chi connectivity index (χ2v) is 6.68. The molecule has 0 bridgehead atoms. The Kier molecular flexibility index (Phi) is 5.40. The van der Waals surface area contributed by atoms with Gasteiger partial charge in [0.1, 0.15) is 17.2 Å². The fourth-order valence-electron chi connectivity index (χ4n) is 3.40. The SMILES string of the molecule is CCC1(CC)CC(NC(=O)/C=C/c2ccc(F)cc2)c2ccccc2O1. The van der Waals surface area contributed by atoms with Crippen LogP contribution in [-0.2, 0) is 4.79 Å². The van der Waals surface area contributed by atoms with Crippen molar-refractivity contribution in [3.05, 3.63) is 71.6 Å². The van der Waals surface area contributed by atoms with E-state index in [4.69, 9.17) is 4.74 Å². The molecule has 1 atom stereocenters. The molecule has 1 aliphatic heterocycles. The van der Waals surface area contributed by atoms with Gasteiger partial charge in [0.25, 0.3) is 0 Å². The van der Waals surface area contributed by atoms with Gasteiger partial charge in [0.05, 0.1) is 6.04 Å². The Labute approximate surface area is 153 Å². The van der Waals surface area contributed by atoms with Crippen LogP contribution in [0, 0.1) is 5.82 Å². The Morgan fingerprint density at radius 2 is 1.88 bits per heavy atom. The number of nitrogens with one attached hydrogen (secondary N) is 1. The molecule has 0 radical (unpaired) electrons. The number of para-hydroxylation sites is 1. The Morgan fingerprint density at radius 3 is 2.58 bits per heavy atom. The van der Waals surface area contributed by atoms with Crippen molar-refractivity contribution in [1.82, 2.24) is 5.32 Å². The van der Waals surface area contributed by atoms with Crippen LogP contribution in [0.4, 0.5) is 4.39 Å². The van der Waals surface area contributed by atoms with E-state index in [0.29, 0.717) is 0 Å². The zero-order chi connectivity index (χ0) is 18.6. The molecular weight excluding hydrogens is 329 g/mol. The normalized spacial score (nSPS) is 18.2. The fourth-order valence-corrected chi connectivity index (χ4v) is 3.40. The summed E-state index contributed by atoms with van der Waals surface area (Å²) in [6.45, 7) is 4.23. The maximum atomic E-state index is 13.0. The highest BCUT2D eigenvalue weighted by atomic mass is 19.1. The molecule has 0 saturated carbocycles. The summed E-state index contributed by atoms with van der Waals surface area (Å²) in [6.07, 6.45) is 5.69. The molecule has 0 fully saturated rings. The molecule has 3 rings (SSSR count). The third-order valence-electron chi connectivity index (χ3n) is 5.10. The average Bonchev–Trinajstić information content (AvgIpc) is 2.67. The van der Waals surface area contributed by atoms with Gasteiger partial charge in [0.15, 0.2) is 0 Å². The van der Waals surface area contributed by atoms with E-state index in [1.807, 2.05) is 24.3 Å². The summed E-state index contributed by atoms with van der Waals surface area (Å²) in [5, 5.41) is 3.10. The van der Waals surface area contributed by atoms with Crippen LogP contribution >= 0.6 is 0 Å². The Morgan fingerprint density at radius 1 is 1.19 bits per heavy atom. The zero-order valence-electron chi connectivity index (χ0n) is 15.2. The number of amides is 1. The molecule has 2 aromatic rings.